The molecule has 0 bridgehead atoms. The van der Waals surface area contributed by atoms with Crippen LogP contribution in [0.1, 0.15) is 45.4 Å². The van der Waals surface area contributed by atoms with Crippen molar-refractivity contribution in [1.29, 1.82) is 0 Å². The van der Waals surface area contributed by atoms with Crippen LogP contribution in [0.5, 0.6) is 0 Å². The Morgan fingerprint density at radius 1 is 1.38 bits per heavy atom. The summed E-state index contributed by atoms with van der Waals surface area (Å²) in [4.78, 5) is 22.3. The highest BCUT2D eigenvalue weighted by atomic mass is 16.4. The van der Waals surface area contributed by atoms with Crippen molar-refractivity contribution in [3.05, 3.63) is 11.6 Å². The third-order valence-corrected chi connectivity index (χ3v) is 2.85. The number of nitrogens with one attached hydrogen (secondary N) is 1. The van der Waals surface area contributed by atoms with Crippen LogP contribution in [0.3, 0.4) is 0 Å². The first-order chi connectivity index (χ1) is 7.63. The molecule has 1 aliphatic carbocycles. The minimum absolute atomic E-state index is 0.272. The van der Waals surface area contributed by atoms with Crippen LogP contribution >= 0.6 is 0 Å². The van der Waals surface area contributed by atoms with Gasteiger partial charge in [0.05, 0.1) is 0 Å². The smallest absolute Gasteiger partial charge is 0.326 e. The molecule has 0 aromatic rings. The highest BCUT2D eigenvalue weighted by molar-refractivity contribution is 5.91. The second-order valence-electron chi connectivity index (χ2n) is 4.17. The van der Waals surface area contributed by atoms with Crippen LogP contribution in [-0.2, 0) is 9.59 Å². The van der Waals surface area contributed by atoms with Crippen LogP contribution in [0.2, 0.25) is 0 Å². The molecule has 4 heteroatoms. The van der Waals surface area contributed by atoms with Gasteiger partial charge in [-0.05, 0) is 32.1 Å². The number of carboxylic acids is 1. The topological polar surface area (TPSA) is 66.4 Å². The maximum atomic E-state index is 11.5. The lowest BCUT2D eigenvalue weighted by Crippen LogP contribution is -2.39. The summed E-state index contributed by atoms with van der Waals surface area (Å²) in [7, 11) is 0. The van der Waals surface area contributed by atoms with Gasteiger partial charge in [-0.25, -0.2) is 4.79 Å². The van der Waals surface area contributed by atoms with Crippen molar-refractivity contribution >= 4 is 11.9 Å². The highest BCUT2D eigenvalue weighted by Crippen LogP contribution is 2.22. The Kier molecular flexibility index (Phi) is 5.02. The number of carbonyl (C=O) groups excluding carboxylic acids is 1. The van der Waals surface area contributed by atoms with Gasteiger partial charge in [-0.15, -0.1) is 0 Å². The van der Waals surface area contributed by atoms with Gasteiger partial charge in [0.25, 0.3) is 0 Å². The molecule has 1 aliphatic rings. The Labute approximate surface area is 95.7 Å². The Morgan fingerprint density at radius 2 is 2.00 bits per heavy atom. The first kappa shape index (κ1) is 12.7. The molecular formula is C12H19NO3. The number of hydrogen-bond donors (Lipinski definition) is 2. The largest absolute Gasteiger partial charge is 0.480 e. The molecule has 0 heterocycles. The van der Waals surface area contributed by atoms with E-state index in [-0.39, 0.29) is 5.91 Å². The number of allylic oxidation sites excluding steroid dienone is 1. The van der Waals surface area contributed by atoms with Crippen LogP contribution in [0, 0.1) is 0 Å². The Balaban J connectivity index is 2.47. The summed E-state index contributed by atoms with van der Waals surface area (Å²) in [6, 6.07) is -0.770. The van der Waals surface area contributed by atoms with Crippen molar-refractivity contribution in [2.45, 2.75) is 51.5 Å². The predicted octanol–water partition coefficient (Wildman–Crippen LogP) is 1.86. The van der Waals surface area contributed by atoms with E-state index in [2.05, 4.69) is 5.32 Å². The molecule has 1 rings (SSSR count). The van der Waals surface area contributed by atoms with E-state index in [1.54, 1.807) is 13.0 Å². The number of amides is 1. The SMILES string of the molecule is CCC(NC(=O)C=C1CCCCC1)C(=O)O. The lowest BCUT2D eigenvalue weighted by molar-refractivity contribution is -0.141. The second kappa shape index (κ2) is 6.30. The van der Waals surface area contributed by atoms with E-state index in [1.165, 1.54) is 6.42 Å². The van der Waals surface area contributed by atoms with Gasteiger partial charge in [0.15, 0.2) is 0 Å². The molecule has 1 amide bonds. The van der Waals surface area contributed by atoms with Gasteiger partial charge in [0.2, 0.25) is 5.91 Å². The van der Waals surface area contributed by atoms with Crippen LogP contribution < -0.4 is 5.32 Å². The number of aliphatic carboxylic acids is 1. The first-order valence-electron chi connectivity index (χ1n) is 5.86. The lowest BCUT2D eigenvalue weighted by Gasteiger charge is -2.14. The van der Waals surface area contributed by atoms with Crippen molar-refractivity contribution in [2.24, 2.45) is 0 Å². The minimum atomic E-state index is -0.974. The van der Waals surface area contributed by atoms with Crippen molar-refractivity contribution in [2.75, 3.05) is 0 Å². The van der Waals surface area contributed by atoms with Crippen LogP contribution in [-0.4, -0.2) is 23.0 Å². The zero-order chi connectivity index (χ0) is 12.0. The molecule has 1 fully saturated rings. The number of rotatable bonds is 4. The molecular weight excluding hydrogens is 206 g/mol. The number of carboxylic acid groups (broad SMARTS) is 1. The first-order valence-corrected chi connectivity index (χ1v) is 5.86. The van der Waals surface area contributed by atoms with Gasteiger partial charge in [-0.1, -0.05) is 18.9 Å². The molecule has 1 unspecified atom stereocenters. The van der Waals surface area contributed by atoms with Crippen LogP contribution in [0.15, 0.2) is 11.6 Å². The minimum Gasteiger partial charge on any atom is -0.480 e. The van der Waals surface area contributed by atoms with Gasteiger partial charge in [0.1, 0.15) is 6.04 Å². The molecule has 0 saturated heterocycles. The van der Waals surface area contributed by atoms with Crippen LogP contribution in [0.4, 0.5) is 0 Å². The van der Waals surface area contributed by atoms with Gasteiger partial charge < -0.3 is 10.4 Å². The maximum absolute atomic E-state index is 11.5. The Bertz CT molecular complexity index is 289. The fourth-order valence-electron chi connectivity index (χ4n) is 1.89. The molecule has 0 aromatic heterocycles. The third-order valence-electron chi connectivity index (χ3n) is 2.85. The molecule has 0 spiro atoms. The third kappa shape index (κ3) is 4.04. The fraction of sp³-hybridized carbons (Fsp3) is 0.667. The summed E-state index contributed by atoms with van der Waals surface area (Å²) in [5.74, 6) is -1.25. The van der Waals surface area contributed by atoms with E-state index in [0.717, 1.165) is 31.3 Å². The summed E-state index contributed by atoms with van der Waals surface area (Å²) < 4.78 is 0. The molecule has 2 N–H and O–H groups in total. The average Bonchev–Trinajstić information content (AvgIpc) is 2.27. The van der Waals surface area contributed by atoms with E-state index < -0.39 is 12.0 Å². The van der Waals surface area contributed by atoms with Gasteiger partial charge in [-0.2, -0.15) is 0 Å². The molecule has 4 nitrogen and oxygen atoms in total. The standard InChI is InChI=1S/C12H19NO3/c1-2-10(12(15)16)13-11(14)8-9-6-4-3-5-7-9/h8,10H,2-7H2,1H3,(H,13,14)(H,15,16). The Hall–Kier alpha value is -1.32. The average molecular weight is 225 g/mol. The molecule has 0 aliphatic heterocycles. The van der Waals surface area contributed by atoms with Crippen molar-refractivity contribution in [3.8, 4) is 0 Å². The van der Waals surface area contributed by atoms with E-state index >= 15 is 0 Å². The van der Waals surface area contributed by atoms with Crippen molar-refractivity contribution in [1.82, 2.24) is 5.32 Å². The summed E-state index contributed by atoms with van der Waals surface area (Å²) in [6.07, 6.45) is 7.42. The fourth-order valence-corrected chi connectivity index (χ4v) is 1.89. The summed E-state index contributed by atoms with van der Waals surface area (Å²) >= 11 is 0. The van der Waals surface area contributed by atoms with Crippen molar-refractivity contribution in [3.63, 3.8) is 0 Å². The maximum Gasteiger partial charge on any atom is 0.326 e. The van der Waals surface area contributed by atoms with Crippen molar-refractivity contribution < 1.29 is 14.7 Å². The van der Waals surface area contributed by atoms with E-state index in [1.807, 2.05) is 0 Å². The van der Waals surface area contributed by atoms with Gasteiger partial charge in [0, 0.05) is 6.08 Å². The lowest BCUT2D eigenvalue weighted by atomic mass is 9.94. The zero-order valence-electron chi connectivity index (χ0n) is 9.66. The number of hydrogen-bond acceptors (Lipinski definition) is 2. The molecule has 0 aromatic carbocycles. The molecule has 0 radical (unpaired) electrons. The Morgan fingerprint density at radius 3 is 2.50 bits per heavy atom. The number of carbonyl (C=O) groups is 2. The van der Waals surface area contributed by atoms with Crippen LogP contribution in [0.25, 0.3) is 0 Å². The predicted molar refractivity (Wildman–Crippen MR) is 61.0 cm³/mol. The zero-order valence-corrected chi connectivity index (χ0v) is 9.66. The summed E-state index contributed by atoms with van der Waals surface area (Å²) in [6.45, 7) is 1.74. The summed E-state index contributed by atoms with van der Waals surface area (Å²) in [5, 5.41) is 11.3. The normalized spacial score (nSPS) is 17.7. The molecule has 1 saturated carbocycles. The second-order valence-corrected chi connectivity index (χ2v) is 4.17. The van der Waals surface area contributed by atoms with E-state index in [4.69, 9.17) is 5.11 Å². The van der Waals surface area contributed by atoms with E-state index in [9.17, 15) is 9.59 Å². The quantitative estimate of drug-likeness (QED) is 0.718. The summed E-state index contributed by atoms with van der Waals surface area (Å²) in [5.41, 5.74) is 1.14. The van der Waals surface area contributed by atoms with Gasteiger partial charge >= 0.3 is 5.97 Å². The molecule has 16 heavy (non-hydrogen) atoms. The highest BCUT2D eigenvalue weighted by Gasteiger charge is 2.16. The van der Waals surface area contributed by atoms with E-state index in [0.29, 0.717) is 6.42 Å². The molecule has 90 valence electrons. The monoisotopic (exact) mass is 225 g/mol. The van der Waals surface area contributed by atoms with Gasteiger partial charge in [-0.3, -0.25) is 4.79 Å². The molecule has 1 atom stereocenters.